The second-order valence-corrected chi connectivity index (χ2v) is 7.02. The van der Waals surface area contributed by atoms with Gasteiger partial charge in [-0.1, -0.05) is 19.1 Å². The molecule has 1 heterocycles. The molecule has 0 bridgehead atoms. The van der Waals surface area contributed by atoms with Crippen LogP contribution in [-0.2, 0) is 6.42 Å². The number of amides is 1. The third kappa shape index (κ3) is 5.11. The maximum atomic E-state index is 13.1. The monoisotopic (exact) mass is 412 g/mol. The third-order valence-electron chi connectivity index (χ3n) is 4.84. The lowest BCUT2D eigenvalue weighted by molar-refractivity contribution is 0.102. The lowest BCUT2D eigenvalue weighted by Crippen LogP contribution is -2.11. The second-order valence-electron chi connectivity index (χ2n) is 7.02. The number of aromatic nitrogens is 2. The van der Waals surface area contributed by atoms with E-state index in [9.17, 15) is 9.18 Å². The average molecular weight is 412 g/mol. The van der Waals surface area contributed by atoms with Crippen LogP contribution in [0.3, 0.4) is 0 Å². The Morgan fingerprint density at radius 1 is 0.806 bits per heavy atom. The van der Waals surface area contributed by atoms with Crippen molar-refractivity contribution in [2.75, 3.05) is 10.6 Å². The SMILES string of the molecule is CCc1ccc(NC(=O)c2ccc(Nc3ccc(-c4ccc(F)cc4)nn3)cc2)cc1. The maximum absolute atomic E-state index is 13.1. The molecule has 3 aromatic carbocycles. The highest BCUT2D eigenvalue weighted by Gasteiger charge is 2.07. The molecule has 0 aliphatic rings. The minimum Gasteiger partial charge on any atom is -0.339 e. The molecule has 4 aromatic rings. The molecule has 5 nitrogen and oxygen atoms in total. The van der Waals surface area contributed by atoms with Crippen LogP contribution in [0, 0.1) is 5.82 Å². The van der Waals surface area contributed by atoms with Crippen LogP contribution in [0.5, 0.6) is 0 Å². The van der Waals surface area contributed by atoms with Crippen molar-refractivity contribution in [3.05, 3.63) is 102 Å². The molecule has 0 atom stereocenters. The normalized spacial score (nSPS) is 10.5. The van der Waals surface area contributed by atoms with E-state index < -0.39 is 0 Å². The van der Waals surface area contributed by atoms with Crippen molar-refractivity contribution < 1.29 is 9.18 Å². The van der Waals surface area contributed by atoms with E-state index in [1.165, 1.54) is 17.7 Å². The van der Waals surface area contributed by atoms with Crippen LogP contribution in [0.2, 0.25) is 0 Å². The smallest absolute Gasteiger partial charge is 0.255 e. The number of nitrogens with zero attached hydrogens (tertiary/aromatic N) is 2. The first-order valence-corrected chi connectivity index (χ1v) is 9.98. The first kappa shape index (κ1) is 20.2. The zero-order chi connectivity index (χ0) is 21.6. The van der Waals surface area contributed by atoms with Crippen molar-refractivity contribution in [3.8, 4) is 11.3 Å². The first-order chi connectivity index (χ1) is 15.1. The molecule has 0 spiro atoms. The average Bonchev–Trinajstić information content (AvgIpc) is 2.81. The maximum Gasteiger partial charge on any atom is 0.255 e. The number of hydrogen-bond acceptors (Lipinski definition) is 4. The van der Waals surface area contributed by atoms with Gasteiger partial charge in [0, 0.05) is 22.5 Å². The van der Waals surface area contributed by atoms with Crippen molar-refractivity contribution >= 4 is 23.1 Å². The predicted molar refractivity (Wildman–Crippen MR) is 121 cm³/mol. The number of carbonyl (C=O) groups is 1. The van der Waals surface area contributed by atoms with Crippen LogP contribution in [-0.4, -0.2) is 16.1 Å². The van der Waals surface area contributed by atoms with Gasteiger partial charge >= 0.3 is 0 Å². The quantitative estimate of drug-likeness (QED) is 0.417. The van der Waals surface area contributed by atoms with Crippen molar-refractivity contribution in [1.29, 1.82) is 0 Å². The summed E-state index contributed by atoms with van der Waals surface area (Å²) in [5.74, 6) is 0.111. The summed E-state index contributed by atoms with van der Waals surface area (Å²) in [7, 11) is 0. The van der Waals surface area contributed by atoms with E-state index in [1.54, 1.807) is 30.3 Å². The predicted octanol–water partition coefficient (Wildman–Crippen LogP) is 5.84. The summed E-state index contributed by atoms with van der Waals surface area (Å²) in [5.41, 5.74) is 4.78. The molecular weight excluding hydrogens is 391 g/mol. The van der Waals surface area contributed by atoms with E-state index in [0.29, 0.717) is 17.1 Å². The van der Waals surface area contributed by atoms with Crippen LogP contribution in [0.15, 0.2) is 84.9 Å². The largest absolute Gasteiger partial charge is 0.339 e. The van der Waals surface area contributed by atoms with E-state index in [0.717, 1.165) is 23.4 Å². The number of halogens is 1. The highest BCUT2D eigenvalue weighted by atomic mass is 19.1. The molecule has 0 fully saturated rings. The Labute approximate surface area is 180 Å². The third-order valence-corrected chi connectivity index (χ3v) is 4.84. The molecule has 0 saturated heterocycles. The minimum absolute atomic E-state index is 0.167. The topological polar surface area (TPSA) is 66.9 Å². The summed E-state index contributed by atoms with van der Waals surface area (Å²) in [6, 6.07) is 24.6. The van der Waals surface area contributed by atoms with Gasteiger partial charge in [-0.05, 0) is 84.8 Å². The summed E-state index contributed by atoms with van der Waals surface area (Å²) >= 11 is 0. The van der Waals surface area contributed by atoms with Gasteiger partial charge in [0.2, 0.25) is 0 Å². The summed E-state index contributed by atoms with van der Waals surface area (Å²) in [6.07, 6.45) is 0.960. The van der Waals surface area contributed by atoms with Crippen LogP contribution in [0.25, 0.3) is 11.3 Å². The second kappa shape index (κ2) is 9.17. The van der Waals surface area contributed by atoms with Crippen molar-refractivity contribution in [2.24, 2.45) is 0 Å². The lowest BCUT2D eigenvalue weighted by Gasteiger charge is -2.08. The first-order valence-electron chi connectivity index (χ1n) is 9.98. The van der Waals surface area contributed by atoms with E-state index in [4.69, 9.17) is 0 Å². The molecule has 0 saturated carbocycles. The molecule has 6 heteroatoms. The summed E-state index contributed by atoms with van der Waals surface area (Å²) in [5, 5.41) is 14.4. The molecule has 0 aliphatic carbocycles. The van der Waals surface area contributed by atoms with Gasteiger partial charge in [0.15, 0.2) is 5.82 Å². The van der Waals surface area contributed by atoms with E-state index in [2.05, 4.69) is 27.8 Å². The fraction of sp³-hybridized carbons (Fsp3) is 0.0800. The zero-order valence-electron chi connectivity index (χ0n) is 17.0. The molecule has 0 radical (unpaired) electrons. The number of anilines is 3. The fourth-order valence-electron chi connectivity index (χ4n) is 3.05. The molecule has 31 heavy (non-hydrogen) atoms. The molecule has 2 N–H and O–H groups in total. The lowest BCUT2D eigenvalue weighted by atomic mass is 10.1. The van der Waals surface area contributed by atoms with Gasteiger partial charge in [-0.2, -0.15) is 0 Å². The number of benzene rings is 3. The molecule has 1 aromatic heterocycles. The molecular formula is C25H21FN4O. The van der Waals surface area contributed by atoms with Crippen molar-refractivity contribution in [1.82, 2.24) is 10.2 Å². The van der Waals surface area contributed by atoms with Crippen LogP contribution in [0.1, 0.15) is 22.8 Å². The number of nitrogens with one attached hydrogen (secondary N) is 2. The van der Waals surface area contributed by atoms with Gasteiger partial charge in [0.05, 0.1) is 5.69 Å². The van der Waals surface area contributed by atoms with Gasteiger partial charge < -0.3 is 10.6 Å². The number of hydrogen-bond donors (Lipinski definition) is 2. The molecule has 0 aliphatic heterocycles. The number of aryl methyl sites for hydroxylation is 1. The molecule has 0 unspecified atom stereocenters. The Bertz CT molecular complexity index is 1160. The van der Waals surface area contributed by atoms with Gasteiger partial charge in [0.1, 0.15) is 5.82 Å². The Morgan fingerprint density at radius 2 is 1.48 bits per heavy atom. The van der Waals surface area contributed by atoms with Gasteiger partial charge in [-0.3, -0.25) is 4.79 Å². The fourth-order valence-corrected chi connectivity index (χ4v) is 3.05. The molecule has 1 amide bonds. The van der Waals surface area contributed by atoms with Crippen LogP contribution < -0.4 is 10.6 Å². The Hall–Kier alpha value is -4.06. The van der Waals surface area contributed by atoms with Crippen LogP contribution in [0.4, 0.5) is 21.6 Å². The minimum atomic E-state index is -0.290. The van der Waals surface area contributed by atoms with E-state index >= 15 is 0 Å². The Balaban J connectivity index is 1.38. The molecule has 154 valence electrons. The Morgan fingerprint density at radius 3 is 2.10 bits per heavy atom. The highest BCUT2D eigenvalue weighted by Crippen LogP contribution is 2.20. The molecule has 4 rings (SSSR count). The van der Waals surface area contributed by atoms with E-state index in [1.807, 2.05) is 42.5 Å². The van der Waals surface area contributed by atoms with Crippen LogP contribution >= 0.6 is 0 Å². The van der Waals surface area contributed by atoms with Crippen molar-refractivity contribution in [2.45, 2.75) is 13.3 Å². The highest BCUT2D eigenvalue weighted by molar-refractivity contribution is 6.04. The van der Waals surface area contributed by atoms with Gasteiger partial charge in [-0.25, -0.2) is 4.39 Å². The summed E-state index contributed by atoms with van der Waals surface area (Å²) in [6.45, 7) is 2.09. The van der Waals surface area contributed by atoms with Gasteiger partial charge in [-0.15, -0.1) is 10.2 Å². The van der Waals surface area contributed by atoms with Crippen molar-refractivity contribution in [3.63, 3.8) is 0 Å². The zero-order valence-corrected chi connectivity index (χ0v) is 17.0. The number of rotatable bonds is 6. The van der Waals surface area contributed by atoms with Gasteiger partial charge in [0.25, 0.3) is 5.91 Å². The summed E-state index contributed by atoms with van der Waals surface area (Å²) in [4.78, 5) is 12.5. The van der Waals surface area contributed by atoms with E-state index in [-0.39, 0.29) is 11.7 Å². The standard InChI is InChI=1S/C25H21FN4O/c1-2-17-3-11-22(12-4-17)28-25(31)19-7-13-21(14-8-19)27-24-16-15-23(29-30-24)18-5-9-20(26)10-6-18/h3-16H,2H2,1H3,(H,27,30)(H,28,31). The number of carbonyl (C=O) groups excluding carboxylic acids is 1. The Kier molecular flexibility index (Phi) is 5.98. The summed E-state index contributed by atoms with van der Waals surface area (Å²) < 4.78 is 13.1.